The largest absolute Gasteiger partial charge is 0.476 e. The summed E-state index contributed by atoms with van der Waals surface area (Å²) in [4.78, 5) is 4.59. The Labute approximate surface area is 160 Å². The molecule has 1 heterocycles. The predicted octanol–water partition coefficient (Wildman–Crippen LogP) is 4.51. The van der Waals surface area contributed by atoms with Crippen LogP contribution in [0, 0.1) is 0 Å². The third-order valence-electron chi connectivity index (χ3n) is 4.57. The second-order valence-corrected chi connectivity index (χ2v) is 7.08. The second kappa shape index (κ2) is 8.82. The Balaban J connectivity index is 1.90. The zero-order valence-electron chi connectivity index (χ0n) is 16.3. The van der Waals surface area contributed by atoms with Gasteiger partial charge in [-0.1, -0.05) is 61.5 Å². The van der Waals surface area contributed by atoms with Crippen LogP contribution in [-0.4, -0.2) is 23.2 Å². The van der Waals surface area contributed by atoms with Gasteiger partial charge < -0.3 is 14.6 Å². The number of rotatable bonds is 8. The first-order valence-corrected chi connectivity index (χ1v) is 9.38. The lowest BCUT2D eigenvalue weighted by Crippen LogP contribution is -2.24. The Kier molecular flexibility index (Phi) is 6.24. The summed E-state index contributed by atoms with van der Waals surface area (Å²) < 4.78 is 11.9. The van der Waals surface area contributed by atoms with Crippen molar-refractivity contribution in [3.8, 4) is 5.75 Å². The van der Waals surface area contributed by atoms with Crippen LogP contribution in [0.25, 0.3) is 0 Å². The molecule has 3 rings (SSSR count). The molecule has 0 amide bonds. The lowest BCUT2D eigenvalue weighted by atomic mass is 10.0. The molecule has 0 saturated carbocycles. The third-order valence-corrected chi connectivity index (χ3v) is 4.57. The highest BCUT2D eigenvalue weighted by Crippen LogP contribution is 2.29. The first-order valence-electron chi connectivity index (χ1n) is 9.38. The van der Waals surface area contributed by atoms with Gasteiger partial charge in [-0.2, -0.15) is 4.98 Å². The van der Waals surface area contributed by atoms with Gasteiger partial charge in [0.1, 0.15) is 5.75 Å². The summed E-state index contributed by atoms with van der Waals surface area (Å²) in [7, 11) is 1.92. The van der Waals surface area contributed by atoms with Gasteiger partial charge in [0.2, 0.25) is 6.10 Å². The van der Waals surface area contributed by atoms with Crippen LogP contribution in [0.1, 0.15) is 55.6 Å². The van der Waals surface area contributed by atoms with Crippen molar-refractivity contribution >= 4 is 0 Å². The highest BCUT2D eigenvalue weighted by Gasteiger charge is 2.24. The fourth-order valence-electron chi connectivity index (χ4n) is 2.80. The van der Waals surface area contributed by atoms with E-state index in [4.69, 9.17) is 9.26 Å². The molecule has 2 atom stereocenters. The summed E-state index contributed by atoms with van der Waals surface area (Å²) in [6, 6.07) is 18.4. The Morgan fingerprint density at radius 2 is 1.74 bits per heavy atom. The standard InChI is InChI=1S/C22H27N3O2/c1-15(2)18-11-8-12-19(14-18)26-21(17-9-6-5-7-10-17)22-24-20(25-27-22)13-16(3)23-4/h5-12,14-16,21,23H,13H2,1-4H3. The zero-order chi connectivity index (χ0) is 19.2. The molecule has 0 aliphatic carbocycles. The highest BCUT2D eigenvalue weighted by molar-refractivity contribution is 5.32. The van der Waals surface area contributed by atoms with Gasteiger partial charge >= 0.3 is 0 Å². The Morgan fingerprint density at radius 3 is 2.44 bits per heavy atom. The van der Waals surface area contributed by atoms with E-state index in [0.29, 0.717) is 24.1 Å². The number of hydrogen-bond donors (Lipinski definition) is 1. The molecule has 5 nitrogen and oxygen atoms in total. The van der Waals surface area contributed by atoms with Gasteiger partial charge in [-0.3, -0.25) is 0 Å². The number of nitrogens with zero attached hydrogens (tertiary/aromatic N) is 2. The monoisotopic (exact) mass is 365 g/mol. The van der Waals surface area contributed by atoms with Crippen LogP contribution in [0.2, 0.25) is 0 Å². The molecule has 0 fully saturated rings. The molecular formula is C22H27N3O2. The number of nitrogens with one attached hydrogen (secondary N) is 1. The maximum absolute atomic E-state index is 6.31. The van der Waals surface area contributed by atoms with E-state index >= 15 is 0 Å². The molecule has 27 heavy (non-hydrogen) atoms. The fourth-order valence-corrected chi connectivity index (χ4v) is 2.80. The van der Waals surface area contributed by atoms with Crippen LogP contribution in [0.4, 0.5) is 0 Å². The molecule has 0 bridgehead atoms. The molecule has 1 N–H and O–H groups in total. The fraction of sp³-hybridized carbons (Fsp3) is 0.364. The van der Waals surface area contributed by atoms with Gasteiger partial charge in [0, 0.05) is 18.0 Å². The van der Waals surface area contributed by atoms with Crippen molar-refractivity contribution in [3.63, 3.8) is 0 Å². The molecule has 0 radical (unpaired) electrons. The molecule has 142 valence electrons. The van der Waals surface area contributed by atoms with E-state index in [0.717, 1.165) is 11.3 Å². The average molecular weight is 365 g/mol. The second-order valence-electron chi connectivity index (χ2n) is 7.08. The van der Waals surface area contributed by atoms with E-state index in [-0.39, 0.29) is 6.04 Å². The van der Waals surface area contributed by atoms with Gasteiger partial charge in [-0.15, -0.1) is 0 Å². The van der Waals surface area contributed by atoms with E-state index in [1.54, 1.807) is 0 Å². The molecular weight excluding hydrogens is 338 g/mol. The Hall–Kier alpha value is -2.66. The number of ether oxygens (including phenoxy) is 1. The van der Waals surface area contributed by atoms with Crippen LogP contribution in [0.5, 0.6) is 5.75 Å². The summed E-state index contributed by atoms with van der Waals surface area (Å²) in [6.07, 6.45) is 0.254. The summed E-state index contributed by atoms with van der Waals surface area (Å²) in [5.74, 6) is 2.36. The topological polar surface area (TPSA) is 60.2 Å². The van der Waals surface area contributed by atoms with Crippen LogP contribution in [-0.2, 0) is 6.42 Å². The smallest absolute Gasteiger partial charge is 0.272 e. The summed E-state index contributed by atoms with van der Waals surface area (Å²) in [5, 5.41) is 7.32. The van der Waals surface area contributed by atoms with Gasteiger partial charge in [-0.05, 0) is 37.6 Å². The molecule has 0 spiro atoms. The van der Waals surface area contributed by atoms with Crippen molar-refractivity contribution in [3.05, 3.63) is 77.4 Å². The molecule has 0 saturated heterocycles. The van der Waals surface area contributed by atoms with E-state index in [1.165, 1.54) is 5.56 Å². The summed E-state index contributed by atoms with van der Waals surface area (Å²) in [5.41, 5.74) is 2.21. The Bertz CT molecular complexity index is 846. The SMILES string of the molecule is CNC(C)Cc1noc(C(Oc2cccc(C(C)C)c2)c2ccccc2)n1. The van der Waals surface area contributed by atoms with Crippen LogP contribution in [0.15, 0.2) is 59.1 Å². The van der Waals surface area contributed by atoms with Crippen LogP contribution in [0.3, 0.4) is 0 Å². The first kappa shape index (κ1) is 19.1. The first-order chi connectivity index (χ1) is 13.1. The van der Waals surface area contributed by atoms with E-state index in [9.17, 15) is 0 Å². The highest BCUT2D eigenvalue weighted by atomic mass is 16.5. The van der Waals surface area contributed by atoms with E-state index in [1.807, 2.05) is 49.5 Å². The van der Waals surface area contributed by atoms with Gasteiger partial charge in [-0.25, -0.2) is 0 Å². The number of likely N-dealkylation sites (N-methyl/N-ethyl adjacent to an activating group) is 1. The van der Waals surface area contributed by atoms with Crippen molar-refractivity contribution in [2.24, 2.45) is 0 Å². The van der Waals surface area contributed by atoms with Gasteiger partial charge in [0.05, 0.1) is 0 Å². The molecule has 2 unspecified atom stereocenters. The molecule has 5 heteroatoms. The summed E-state index contributed by atoms with van der Waals surface area (Å²) >= 11 is 0. The Morgan fingerprint density at radius 1 is 1.00 bits per heavy atom. The van der Waals surface area contributed by atoms with Crippen molar-refractivity contribution < 1.29 is 9.26 Å². The maximum atomic E-state index is 6.31. The van der Waals surface area contributed by atoms with Crippen molar-refractivity contribution in [1.82, 2.24) is 15.5 Å². The number of hydrogen-bond acceptors (Lipinski definition) is 5. The molecule has 0 aliphatic rings. The quantitative estimate of drug-likeness (QED) is 0.636. The predicted molar refractivity (Wildman–Crippen MR) is 106 cm³/mol. The maximum Gasteiger partial charge on any atom is 0.272 e. The number of aromatic nitrogens is 2. The normalized spacial score (nSPS) is 13.5. The lowest BCUT2D eigenvalue weighted by molar-refractivity contribution is 0.193. The van der Waals surface area contributed by atoms with Gasteiger partial charge in [0.15, 0.2) is 5.82 Å². The molecule has 3 aromatic rings. The molecule has 2 aromatic carbocycles. The third kappa shape index (κ3) is 4.95. The average Bonchev–Trinajstić information content (AvgIpc) is 3.15. The minimum absolute atomic E-state index is 0.272. The molecule has 1 aromatic heterocycles. The van der Waals surface area contributed by atoms with Crippen LogP contribution >= 0.6 is 0 Å². The van der Waals surface area contributed by atoms with E-state index < -0.39 is 6.10 Å². The van der Waals surface area contributed by atoms with Crippen LogP contribution < -0.4 is 10.1 Å². The van der Waals surface area contributed by atoms with Crippen molar-refractivity contribution in [2.45, 2.75) is 45.3 Å². The summed E-state index contributed by atoms with van der Waals surface area (Å²) in [6.45, 7) is 6.42. The minimum Gasteiger partial charge on any atom is -0.476 e. The van der Waals surface area contributed by atoms with Gasteiger partial charge in [0.25, 0.3) is 5.89 Å². The van der Waals surface area contributed by atoms with Crippen molar-refractivity contribution in [1.29, 1.82) is 0 Å². The number of benzene rings is 2. The lowest BCUT2D eigenvalue weighted by Gasteiger charge is -2.17. The molecule has 0 aliphatic heterocycles. The zero-order valence-corrected chi connectivity index (χ0v) is 16.3. The van der Waals surface area contributed by atoms with Crippen molar-refractivity contribution in [2.75, 3.05) is 7.05 Å². The minimum atomic E-state index is -0.445. The van der Waals surface area contributed by atoms with E-state index in [2.05, 4.69) is 48.4 Å².